The van der Waals surface area contributed by atoms with Crippen LogP contribution in [0.3, 0.4) is 0 Å². The van der Waals surface area contributed by atoms with Crippen molar-refractivity contribution in [2.45, 2.75) is 19.5 Å². The number of rotatable bonds is 7. The van der Waals surface area contributed by atoms with E-state index in [2.05, 4.69) is 0 Å². The van der Waals surface area contributed by atoms with Gasteiger partial charge >= 0.3 is 0 Å². The summed E-state index contributed by atoms with van der Waals surface area (Å²) in [6, 6.07) is 13.3. The zero-order chi connectivity index (χ0) is 15.9. The average molecular weight is 322 g/mol. The standard InChI is InChI=1S/C17H20FO3P/c1-3-20-22(21-4-2)17(13-5-9-15(18)10-6-13)14-7-11-16(19)12-8-14/h5-12,17,19H,3-4H2,1-2H3. The molecule has 0 fully saturated rings. The second-order valence-electron chi connectivity index (χ2n) is 4.67. The van der Waals surface area contributed by atoms with Gasteiger partial charge in [0.2, 0.25) is 0 Å². The maximum Gasteiger partial charge on any atom is 0.183 e. The largest absolute Gasteiger partial charge is 0.508 e. The molecule has 2 aromatic rings. The van der Waals surface area contributed by atoms with Crippen LogP contribution < -0.4 is 0 Å². The lowest BCUT2D eigenvalue weighted by atomic mass is 10.0. The van der Waals surface area contributed by atoms with E-state index in [0.717, 1.165) is 11.1 Å². The Morgan fingerprint density at radius 3 is 1.82 bits per heavy atom. The minimum absolute atomic E-state index is 0.129. The first-order chi connectivity index (χ1) is 10.7. The number of aromatic hydroxyl groups is 1. The van der Waals surface area contributed by atoms with E-state index in [0.29, 0.717) is 13.2 Å². The number of hydrogen-bond donors (Lipinski definition) is 1. The Hall–Kier alpha value is -1.48. The summed E-state index contributed by atoms with van der Waals surface area (Å²) in [5.74, 6) is -0.0656. The van der Waals surface area contributed by atoms with Gasteiger partial charge in [0.25, 0.3) is 0 Å². The minimum atomic E-state index is -1.20. The summed E-state index contributed by atoms with van der Waals surface area (Å²) in [4.78, 5) is 0. The van der Waals surface area contributed by atoms with Crippen molar-refractivity contribution in [2.75, 3.05) is 13.2 Å². The molecule has 1 unspecified atom stereocenters. The molecule has 0 aliphatic rings. The molecular formula is C17H20FO3P. The second kappa shape index (κ2) is 8.23. The van der Waals surface area contributed by atoms with E-state index in [-0.39, 0.29) is 17.2 Å². The number of halogens is 1. The lowest BCUT2D eigenvalue weighted by Gasteiger charge is -2.26. The van der Waals surface area contributed by atoms with Crippen molar-refractivity contribution in [3.63, 3.8) is 0 Å². The molecule has 0 aliphatic carbocycles. The number of phenols is 1. The molecule has 0 saturated heterocycles. The van der Waals surface area contributed by atoms with Crippen LogP contribution >= 0.6 is 8.38 Å². The van der Waals surface area contributed by atoms with Crippen LogP contribution in [-0.2, 0) is 9.05 Å². The van der Waals surface area contributed by atoms with Crippen LogP contribution in [0.4, 0.5) is 4.39 Å². The molecule has 1 N–H and O–H groups in total. The van der Waals surface area contributed by atoms with E-state index in [9.17, 15) is 9.50 Å². The molecular weight excluding hydrogens is 302 g/mol. The predicted octanol–water partition coefficient (Wildman–Crippen LogP) is 5.01. The summed E-state index contributed by atoms with van der Waals surface area (Å²) in [7, 11) is -1.20. The third-order valence-corrected chi connectivity index (χ3v) is 5.16. The Balaban J connectivity index is 2.42. The molecule has 0 spiro atoms. The van der Waals surface area contributed by atoms with E-state index >= 15 is 0 Å². The summed E-state index contributed by atoms with van der Waals surface area (Å²) in [6.45, 7) is 4.93. The predicted molar refractivity (Wildman–Crippen MR) is 86.5 cm³/mol. The third-order valence-electron chi connectivity index (χ3n) is 3.12. The van der Waals surface area contributed by atoms with Gasteiger partial charge in [-0.15, -0.1) is 0 Å². The SMILES string of the molecule is CCOP(OCC)C(c1ccc(O)cc1)c1ccc(F)cc1. The fourth-order valence-corrected chi connectivity index (χ4v) is 3.89. The highest BCUT2D eigenvalue weighted by Gasteiger charge is 2.27. The molecule has 0 saturated carbocycles. The number of phenolic OH excluding ortho intramolecular Hbond substituents is 1. The first kappa shape index (κ1) is 16.9. The van der Waals surface area contributed by atoms with Crippen LogP contribution in [0.2, 0.25) is 0 Å². The molecule has 0 radical (unpaired) electrons. The summed E-state index contributed by atoms with van der Waals surface area (Å²) in [5, 5.41) is 9.48. The van der Waals surface area contributed by atoms with Crippen molar-refractivity contribution in [1.82, 2.24) is 0 Å². The summed E-state index contributed by atoms with van der Waals surface area (Å²) >= 11 is 0. The van der Waals surface area contributed by atoms with Crippen molar-refractivity contribution in [1.29, 1.82) is 0 Å². The molecule has 5 heteroatoms. The molecule has 118 valence electrons. The molecule has 0 aliphatic heterocycles. The maximum atomic E-state index is 13.2. The zero-order valence-electron chi connectivity index (χ0n) is 12.7. The number of benzene rings is 2. The number of hydrogen-bond acceptors (Lipinski definition) is 3. The fourth-order valence-electron chi connectivity index (χ4n) is 2.18. The van der Waals surface area contributed by atoms with E-state index < -0.39 is 8.38 Å². The highest BCUT2D eigenvalue weighted by molar-refractivity contribution is 7.48. The van der Waals surface area contributed by atoms with Crippen molar-refractivity contribution >= 4 is 8.38 Å². The molecule has 0 amide bonds. The molecule has 22 heavy (non-hydrogen) atoms. The Bertz CT molecular complexity index is 520. The lowest BCUT2D eigenvalue weighted by Crippen LogP contribution is -2.05. The van der Waals surface area contributed by atoms with Gasteiger partial charge < -0.3 is 14.2 Å². The minimum Gasteiger partial charge on any atom is -0.508 e. The van der Waals surface area contributed by atoms with Gasteiger partial charge in [-0.25, -0.2) is 4.39 Å². The van der Waals surface area contributed by atoms with E-state index in [1.807, 2.05) is 26.0 Å². The van der Waals surface area contributed by atoms with Gasteiger partial charge in [-0.05, 0) is 49.2 Å². The van der Waals surface area contributed by atoms with Crippen LogP contribution in [0, 0.1) is 5.82 Å². The van der Waals surface area contributed by atoms with Gasteiger partial charge in [0.15, 0.2) is 8.38 Å². The Labute approximate surface area is 131 Å². The van der Waals surface area contributed by atoms with Gasteiger partial charge in [-0.1, -0.05) is 24.3 Å². The zero-order valence-corrected chi connectivity index (χ0v) is 13.6. The Morgan fingerprint density at radius 1 is 0.909 bits per heavy atom. The van der Waals surface area contributed by atoms with Crippen molar-refractivity contribution < 1.29 is 18.5 Å². The highest BCUT2D eigenvalue weighted by Crippen LogP contribution is 2.56. The fraction of sp³-hybridized carbons (Fsp3) is 0.294. The van der Waals surface area contributed by atoms with E-state index in [1.54, 1.807) is 24.3 Å². The summed E-state index contributed by atoms with van der Waals surface area (Å²) < 4.78 is 24.8. The summed E-state index contributed by atoms with van der Waals surface area (Å²) in [6.07, 6.45) is 0. The molecule has 0 aromatic heterocycles. The topological polar surface area (TPSA) is 38.7 Å². The van der Waals surface area contributed by atoms with Crippen molar-refractivity contribution in [2.24, 2.45) is 0 Å². The van der Waals surface area contributed by atoms with Gasteiger partial charge in [-0.2, -0.15) is 0 Å². The van der Waals surface area contributed by atoms with Crippen LogP contribution in [0.1, 0.15) is 30.6 Å². The van der Waals surface area contributed by atoms with Crippen molar-refractivity contribution in [3.8, 4) is 5.75 Å². The normalized spacial score (nSPS) is 12.5. The molecule has 0 heterocycles. The maximum absolute atomic E-state index is 13.2. The first-order valence-electron chi connectivity index (χ1n) is 7.25. The van der Waals surface area contributed by atoms with Gasteiger partial charge in [-0.3, -0.25) is 0 Å². The van der Waals surface area contributed by atoms with E-state index in [4.69, 9.17) is 9.05 Å². The van der Waals surface area contributed by atoms with Crippen molar-refractivity contribution in [3.05, 3.63) is 65.5 Å². The average Bonchev–Trinajstić information content (AvgIpc) is 2.52. The Kier molecular flexibility index (Phi) is 6.32. The lowest BCUT2D eigenvalue weighted by molar-refractivity contribution is 0.265. The quantitative estimate of drug-likeness (QED) is 0.729. The van der Waals surface area contributed by atoms with Gasteiger partial charge in [0, 0.05) is 0 Å². The van der Waals surface area contributed by atoms with Gasteiger partial charge in [0.05, 0.1) is 18.9 Å². The second-order valence-corrected chi connectivity index (χ2v) is 6.27. The smallest absolute Gasteiger partial charge is 0.183 e. The van der Waals surface area contributed by atoms with Crippen LogP contribution in [0.15, 0.2) is 48.5 Å². The highest BCUT2D eigenvalue weighted by atomic mass is 31.2. The first-order valence-corrected chi connectivity index (χ1v) is 8.49. The van der Waals surface area contributed by atoms with Gasteiger partial charge in [0.1, 0.15) is 11.6 Å². The molecule has 3 nitrogen and oxygen atoms in total. The van der Waals surface area contributed by atoms with Crippen LogP contribution in [0.25, 0.3) is 0 Å². The van der Waals surface area contributed by atoms with Crippen LogP contribution in [0.5, 0.6) is 5.75 Å². The van der Waals surface area contributed by atoms with E-state index in [1.165, 1.54) is 12.1 Å². The molecule has 1 atom stereocenters. The molecule has 2 rings (SSSR count). The summed E-state index contributed by atoms with van der Waals surface area (Å²) in [5.41, 5.74) is 1.77. The Morgan fingerprint density at radius 2 is 1.36 bits per heavy atom. The van der Waals surface area contributed by atoms with Crippen LogP contribution in [-0.4, -0.2) is 18.3 Å². The monoisotopic (exact) mass is 322 g/mol. The molecule has 0 bridgehead atoms. The molecule has 2 aromatic carbocycles. The third kappa shape index (κ3) is 4.26.